The molecular weight excluding hydrogens is 410 g/mol. The van der Waals surface area contributed by atoms with Crippen LogP contribution in [0.4, 0.5) is 0 Å². The van der Waals surface area contributed by atoms with Crippen molar-refractivity contribution in [2.75, 3.05) is 0 Å². The molecule has 0 aliphatic rings. The topological polar surface area (TPSA) is 109 Å². The minimum atomic E-state index is -1.42. The normalized spacial score (nSPS) is 12.8. The average molecular weight is 436 g/mol. The maximum Gasteiger partial charge on any atom is 0.336 e. The van der Waals surface area contributed by atoms with Crippen LogP contribution in [0, 0.1) is 6.92 Å². The third kappa shape index (κ3) is 5.17. The first-order chi connectivity index (χ1) is 15.3. The van der Waals surface area contributed by atoms with E-state index >= 15 is 0 Å². The number of amides is 1. The van der Waals surface area contributed by atoms with Crippen molar-refractivity contribution in [3.8, 4) is 5.75 Å². The molecule has 7 heteroatoms. The minimum absolute atomic E-state index is 0.376. The van der Waals surface area contributed by atoms with Crippen molar-refractivity contribution in [2.24, 2.45) is 0 Å². The van der Waals surface area contributed by atoms with Crippen molar-refractivity contribution in [3.05, 3.63) is 75.6 Å². The fraction of sp³-hybridized carbons (Fsp3) is 0.320. The van der Waals surface area contributed by atoms with Crippen LogP contribution in [0.2, 0.25) is 0 Å². The number of carbonyl (C=O) groups is 2. The van der Waals surface area contributed by atoms with E-state index in [9.17, 15) is 19.5 Å². The Hall–Kier alpha value is -3.61. The lowest BCUT2D eigenvalue weighted by Gasteiger charge is -2.23. The fourth-order valence-corrected chi connectivity index (χ4v) is 3.54. The Morgan fingerprint density at radius 1 is 1.16 bits per heavy atom. The van der Waals surface area contributed by atoms with E-state index in [4.69, 9.17) is 9.15 Å². The molecule has 7 nitrogen and oxygen atoms in total. The summed E-state index contributed by atoms with van der Waals surface area (Å²) in [5, 5.41) is 14.8. The Bertz CT molecular complexity index is 1170. The molecule has 3 aromatic rings. The summed E-state index contributed by atoms with van der Waals surface area (Å²) in [6.45, 7) is 5.35. The molecule has 3 rings (SSSR count). The number of hydrogen-bond acceptors (Lipinski definition) is 6. The molecule has 0 aliphatic carbocycles. The highest BCUT2D eigenvalue weighted by Crippen LogP contribution is 2.30. The van der Waals surface area contributed by atoms with Crippen molar-refractivity contribution in [2.45, 2.75) is 52.2 Å². The number of benzene rings is 2. The Morgan fingerprint density at radius 3 is 2.53 bits per heavy atom. The zero-order valence-corrected chi connectivity index (χ0v) is 18.3. The van der Waals surface area contributed by atoms with Crippen LogP contribution in [-0.2, 0) is 16.0 Å². The summed E-state index contributed by atoms with van der Waals surface area (Å²) in [4.78, 5) is 36.2. The fourth-order valence-electron chi connectivity index (χ4n) is 3.54. The van der Waals surface area contributed by atoms with Gasteiger partial charge in [0.25, 0.3) is 5.91 Å². The number of aliphatic carboxylic acids is 1. The maximum absolute atomic E-state index is 12.6. The molecule has 0 unspecified atom stereocenters. The number of nitrogens with one attached hydrogen (secondary N) is 1. The lowest BCUT2D eigenvalue weighted by atomic mass is 10.0. The molecule has 1 aromatic heterocycles. The van der Waals surface area contributed by atoms with Gasteiger partial charge in [0.15, 0.2) is 6.10 Å². The molecule has 1 N–H and O–H groups in total. The minimum Gasteiger partial charge on any atom is -0.548 e. The number of carboxylic acid groups (broad SMARTS) is 1. The van der Waals surface area contributed by atoms with Gasteiger partial charge in [0.05, 0.1) is 12.0 Å². The number of carbonyl (C=O) groups excluding carboxylic acids is 2. The quantitative estimate of drug-likeness (QED) is 0.517. The zero-order chi connectivity index (χ0) is 23.3. The number of hydrogen-bond donors (Lipinski definition) is 1. The molecule has 32 heavy (non-hydrogen) atoms. The van der Waals surface area contributed by atoms with E-state index in [-0.39, 0.29) is 0 Å². The molecule has 168 valence electrons. The van der Waals surface area contributed by atoms with E-state index in [1.54, 1.807) is 43.3 Å². The summed E-state index contributed by atoms with van der Waals surface area (Å²) < 4.78 is 11.2. The van der Waals surface area contributed by atoms with E-state index < -0.39 is 29.6 Å². The highest BCUT2D eigenvalue weighted by atomic mass is 16.5. The van der Waals surface area contributed by atoms with Gasteiger partial charge in [-0.1, -0.05) is 43.7 Å². The largest absolute Gasteiger partial charge is 0.548 e. The van der Waals surface area contributed by atoms with Crippen LogP contribution < -0.4 is 20.8 Å². The molecular formula is C25H26NO6-. The molecule has 0 aliphatic heterocycles. The average Bonchev–Trinajstić information content (AvgIpc) is 2.78. The number of carboxylic acids is 1. The summed E-state index contributed by atoms with van der Waals surface area (Å²) >= 11 is 0. The van der Waals surface area contributed by atoms with Crippen LogP contribution in [0.3, 0.4) is 0 Å². The van der Waals surface area contributed by atoms with Gasteiger partial charge >= 0.3 is 5.63 Å². The second-order valence-electron chi connectivity index (χ2n) is 7.69. The first kappa shape index (κ1) is 23.1. The molecule has 0 saturated heterocycles. The van der Waals surface area contributed by atoms with Gasteiger partial charge in [-0.2, -0.15) is 0 Å². The van der Waals surface area contributed by atoms with Crippen LogP contribution in [0.1, 0.15) is 49.4 Å². The maximum atomic E-state index is 12.6. The van der Waals surface area contributed by atoms with Gasteiger partial charge < -0.3 is 24.4 Å². The van der Waals surface area contributed by atoms with E-state index in [2.05, 4.69) is 12.2 Å². The molecule has 0 bridgehead atoms. The van der Waals surface area contributed by atoms with Crippen LogP contribution >= 0.6 is 0 Å². The Balaban J connectivity index is 1.82. The highest BCUT2D eigenvalue weighted by Gasteiger charge is 2.22. The molecule has 0 saturated carbocycles. The molecule has 1 heterocycles. The first-order valence-corrected chi connectivity index (χ1v) is 10.6. The second kappa shape index (κ2) is 10.1. The van der Waals surface area contributed by atoms with Gasteiger partial charge in [-0.3, -0.25) is 4.79 Å². The van der Waals surface area contributed by atoms with E-state index in [1.807, 2.05) is 6.07 Å². The number of aryl methyl sites for hydroxylation is 2. The summed E-state index contributed by atoms with van der Waals surface area (Å²) in [7, 11) is 0. The van der Waals surface area contributed by atoms with Crippen LogP contribution in [0.15, 0.2) is 57.7 Å². The number of ether oxygens (including phenoxy) is 1. The van der Waals surface area contributed by atoms with E-state index in [1.165, 1.54) is 13.0 Å². The highest BCUT2D eigenvalue weighted by molar-refractivity contribution is 5.87. The number of fused-ring (bicyclic) bond motifs is 1. The standard InChI is InChI=1S/C25H27NO6/c1-4-5-9-18-14-21(27)32-23-15(2)20(13-12-19(18)23)31-16(3)24(28)26-22(25(29)30)17-10-7-6-8-11-17/h6-8,10-14,16,22H,4-5,9H2,1-3H3,(H,26,28)(H,29,30)/p-1/t16-,22+/m1/s1. The van der Waals surface area contributed by atoms with Gasteiger partial charge in [-0.25, -0.2) is 4.79 Å². The van der Waals surface area contributed by atoms with Crippen LogP contribution in [0.5, 0.6) is 5.75 Å². The monoisotopic (exact) mass is 436 g/mol. The SMILES string of the molecule is CCCCc1cc(=O)oc2c(C)c(O[C@H](C)C(=O)N[C@H](C(=O)[O-])c3ccccc3)ccc12. The smallest absolute Gasteiger partial charge is 0.336 e. The molecule has 2 aromatic carbocycles. The third-order valence-corrected chi connectivity index (χ3v) is 5.32. The van der Waals surface area contributed by atoms with Crippen LogP contribution in [-0.4, -0.2) is 18.0 Å². The van der Waals surface area contributed by atoms with Crippen molar-refractivity contribution in [1.29, 1.82) is 0 Å². The molecule has 0 radical (unpaired) electrons. The van der Waals surface area contributed by atoms with Crippen molar-refractivity contribution < 1.29 is 23.8 Å². The predicted molar refractivity (Wildman–Crippen MR) is 118 cm³/mol. The molecule has 1 amide bonds. The lowest BCUT2D eigenvalue weighted by Crippen LogP contribution is -2.45. The predicted octanol–water partition coefficient (Wildman–Crippen LogP) is 2.82. The van der Waals surface area contributed by atoms with Crippen molar-refractivity contribution >= 4 is 22.8 Å². The summed E-state index contributed by atoms with van der Waals surface area (Å²) in [6, 6.07) is 12.0. The van der Waals surface area contributed by atoms with Gasteiger partial charge in [0.2, 0.25) is 0 Å². The zero-order valence-electron chi connectivity index (χ0n) is 18.3. The Morgan fingerprint density at radius 2 is 1.88 bits per heavy atom. The third-order valence-electron chi connectivity index (χ3n) is 5.32. The number of rotatable bonds is 9. The summed E-state index contributed by atoms with van der Waals surface area (Å²) in [6.07, 6.45) is 1.73. The Kier molecular flexibility index (Phi) is 7.30. The van der Waals surface area contributed by atoms with E-state index in [0.29, 0.717) is 22.5 Å². The second-order valence-corrected chi connectivity index (χ2v) is 7.69. The van der Waals surface area contributed by atoms with Crippen LogP contribution in [0.25, 0.3) is 11.0 Å². The van der Waals surface area contributed by atoms with Crippen molar-refractivity contribution in [3.63, 3.8) is 0 Å². The molecule has 0 spiro atoms. The van der Waals surface area contributed by atoms with Gasteiger partial charge in [0.1, 0.15) is 11.3 Å². The number of unbranched alkanes of at least 4 members (excludes halogenated alkanes) is 1. The van der Waals surface area contributed by atoms with Crippen molar-refractivity contribution in [1.82, 2.24) is 5.32 Å². The Labute approximate surface area is 186 Å². The lowest BCUT2D eigenvalue weighted by molar-refractivity contribution is -0.308. The van der Waals surface area contributed by atoms with Gasteiger partial charge in [-0.15, -0.1) is 0 Å². The van der Waals surface area contributed by atoms with Gasteiger partial charge in [-0.05, 0) is 49.9 Å². The summed E-state index contributed by atoms with van der Waals surface area (Å²) in [5.41, 5.74) is 1.89. The first-order valence-electron chi connectivity index (χ1n) is 10.6. The van der Waals surface area contributed by atoms with E-state index in [0.717, 1.165) is 30.2 Å². The van der Waals surface area contributed by atoms with Gasteiger partial charge in [0, 0.05) is 17.0 Å². The summed E-state index contributed by atoms with van der Waals surface area (Å²) in [5.74, 6) is -1.65. The molecule has 2 atom stereocenters. The molecule has 0 fully saturated rings.